The van der Waals surface area contributed by atoms with Crippen molar-refractivity contribution in [3.63, 3.8) is 0 Å². The Kier molecular flexibility index (Phi) is 5.66. The number of hydrogen-bond donors (Lipinski definition) is 2. The molecule has 102 valence electrons. The maximum Gasteiger partial charge on any atom is 0.244 e. The van der Waals surface area contributed by atoms with Crippen molar-refractivity contribution in [2.75, 3.05) is 29.5 Å². The zero-order chi connectivity index (χ0) is 13.5. The molecule has 0 spiro atoms. The molecule has 1 saturated heterocycles. The molecule has 1 fully saturated rings. The highest BCUT2D eigenvalue weighted by Gasteiger charge is 2.14. The fourth-order valence-corrected chi connectivity index (χ4v) is 4.37. The van der Waals surface area contributed by atoms with Gasteiger partial charge in [-0.05, 0) is 23.8 Å². The molecule has 0 aromatic heterocycles. The van der Waals surface area contributed by atoms with E-state index in [2.05, 4.69) is 5.32 Å². The van der Waals surface area contributed by atoms with Gasteiger partial charge >= 0.3 is 0 Å². The van der Waals surface area contributed by atoms with E-state index in [-0.39, 0.29) is 5.91 Å². The fraction of sp³-hybridized carbons (Fsp3) is 0.357. The smallest absolute Gasteiger partial charge is 0.244 e. The fourth-order valence-electron chi connectivity index (χ4n) is 1.76. The number of rotatable bonds is 4. The predicted octanol–water partition coefficient (Wildman–Crippen LogP) is 2.25. The van der Waals surface area contributed by atoms with E-state index in [0.717, 1.165) is 17.9 Å². The molecule has 1 aromatic rings. The van der Waals surface area contributed by atoms with Crippen LogP contribution in [0.4, 0.5) is 5.69 Å². The normalized spacial score (nSPS) is 19.5. The molecule has 1 atom stereocenters. The van der Waals surface area contributed by atoms with E-state index < -0.39 is 0 Å². The second kappa shape index (κ2) is 7.50. The minimum absolute atomic E-state index is 0.0430. The zero-order valence-corrected chi connectivity index (χ0v) is 12.3. The first-order valence-corrected chi connectivity index (χ1v) is 8.45. The number of carbonyl (C=O) groups is 1. The maximum atomic E-state index is 11.7. The topological polar surface area (TPSA) is 55.1 Å². The first-order chi connectivity index (χ1) is 9.24. The molecule has 1 aliphatic heterocycles. The molecule has 1 aliphatic rings. The minimum atomic E-state index is -0.0430. The van der Waals surface area contributed by atoms with E-state index in [1.807, 2.05) is 47.8 Å². The summed E-state index contributed by atoms with van der Waals surface area (Å²) < 4.78 is 0. The number of thioether (sulfide) groups is 2. The van der Waals surface area contributed by atoms with Gasteiger partial charge in [0.1, 0.15) is 0 Å². The molecular weight excluding hydrogens is 276 g/mol. The number of benzene rings is 1. The number of amides is 1. The summed E-state index contributed by atoms with van der Waals surface area (Å²) in [6, 6.07) is 7.48. The van der Waals surface area contributed by atoms with Crippen molar-refractivity contribution in [3.05, 3.63) is 35.9 Å². The Labute approximate surface area is 122 Å². The van der Waals surface area contributed by atoms with Crippen LogP contribution in [0.3, 0.4) is 0 Å². The summed E-state index contributed by atoms with van der Waals surface area (Å²) >= 11 is 3.91. The summed E-state index contributed by atoms with van der Waals surface area (Å²) in [6.45, 7) is 0.748. The molecule has 1 heterocycles. The van der Waals surface area contributed by atoms with Gasteiger partial charge in [0.15, 0.2) is 0 Å². The molecule has 3 N–H and O–H groups in total. The molecule has 1 unspecified atom stereocenters. The largest absolute Gasteiger partial charge is 0.399 e. The maximum absolute atomic E-state index is 11.7. The number of anilines is 1. The third-order valence-corrected chi connectivity index (χ3v) is 5.57. The highest BCUT2D eigenvalue weighted by atomic mass is 32.2. The standard InChI is InChI=1S/C14H18N2OS2/c15-12-3-1-2-11(8-12)4-5-14(17)16-9-13-10-18-6-7-19-13/h1-5,8,13H,6-7,9-10,15H2,(H,16,17)/b5-4+. The third kappa shape index (κ3) is 5.20. The number of carbonyl (C=O) groups excluding carboxylic acids is 1. The molecule has 0 saturated carbocycles. The van der Waals surface area contributed by atoms with Crippen LogP contribution >= 0.6 is 23.5 Å². The van der Waals surface area contributed by atoms with Crippen LogP contribution in [0.15, 0.2) is 30.3 Å². The van der Waals surface area contributed by atoms with E-state index in [1.165, 1.54) is 11.5 Å². The van der Waals surface area contributed by atoms with E-state index >= 15 is 0 Å². The lowest BCUT2D eigenvalue weighted by molar-refractivity contribution is -0.116. The number of nitrogen functional groups attached to an aromatic ring is 1. The second-order valence-corrected chi connectivity index (χ2v) is 6.87. The van der Waals surface area contributed by atoms with Crippen LogP contribution in [0.1, 0.15) is 5.56 Å². The third-order valence-electron chi connectivity index (χ3n) is 2.73. The lowest BCUT2D eigenvalue weighted by atomic mass is 10.2. The van der Waals surface area contributed by atoms with Crippen molar-refractivity contribution in [2.24, 2.45) is 0 Å². The lowest BCUT2D eigenvalue weighted by Crippen LogP contribution is -2.32. The average Bonchev–Trinajstić information content (AvgIpc) is 2.44. The van der Waals surface area contributed by atoms with Gasteiger partial charge in [0.25, 0.3) is 0 Å². The van der Waals surface area contributed by atoms with Crippen molar-refractivity contribution in [3.8, 4) is 0 Å². The summed E-state index contributed by atoms with van der Waals surface area (Å²) in [5.74, 6) is 3.50. The Balaban J connectivity index is 1.77. The molecule has 3 nitrogen and oxygen atoms in total. The highest BCUT2D eigenvalue weighted by molar-refractivity contribution is 8.06. The molecule has 0 radical (unpaired) electrons. The Hall–Kier alpha value is -1.07. The van der Waals surface area contributed by atoms with Crippen LogP contribution in [0, 0.1) is 0 Å². The predicted molar refractivity (Wildman–Crippen MR) is 86.5 cm³/mol. The van der Waals surface area contributed by atoms with Crippen LogP contribution in [0.2, 0.25) is 0 Å². The van der Waals surface area contributed by atoms with E-state index in [9.17, 15) is 4.79 Å². The monoisotopic (exact) mass is 294 g/mol. The van der Waals surface area contributed by atoms with Gasteiger partial charge in [-0.15, -0.1) is 0 Å². The van der Waals surface area contributed by atoms with Gasteiger partial charge in [-0.3, -0.25) is 4.79 Å². The Morgan fingerprint density at radius 1 is 1.47 bits per heavy atom. The van der Waals surface area contributed by atoms with Gasteiger partial charge in [0, 0.05) is 40.8 Å². The molecule has 5 heteroatoms. The number of nitrogens with one attached hydrogen (secondary N) is 1. The van der Waals surface area contributed by atoms with E-state index in [0.29, 0.717) is 10.9 Å². The number of hydrogen-bond acceptors (Lipinski definition) is 4. The van der Waals surface area contributed by atoms with Crippen molar-refractivity contribution in [1.29, 1.82) is 0 Å². The summed E-state index contributed by atoms with van der Waals surface area (Å²) in [5.41, 5.74) is 7.33. The van der Waals surface area contributed by atoms with Crippen LogP contribution < -0.4 is 11.1 Å². The summed E-state index contributed by atoms with van der Waals surface area (Å²) in [7, 11) is 0. The minimum Gasteiger partial charge on any atom is -0.399 e. The van der Waals surface area contributed by atoms with Gasteiger partial charge in [-0.1, -0.05) is 12.1 Å². The van der Waals surface area contributed by atoms with Crippen LogP contribution in [-0.4, -0.2) is 35.0 Å². The van der Waals surface area contributed by atoms with E-state index in [4.69, 9.17) is 5.73 Å². The molecular formula is C14H18N2OS2. The summed E-state index contributed by atoms with van der Waals surface area (Å²) in [5, 5.41) is 3.49. The van der Waals surface area contributed by atoms with Gasteiger partial charge in [-0.25, -0.2) is 0 Å². The van der Waals surface area contributed by atoms with Crippen molar-refractivity contribution < 1.29 is 4.79 Å². The second-order valence-electron chi connectivity index (χ2n) is 4.32. The molecule has 0 bridgehead atoms. The van der Waals surface area contributed by atoms with Gasteiger partial charge in [0.05, 0.1) is 0 Å². The molecule has 1 amide bonds. The molecule has 2 rings (SSSR count). The summed E-state index contributed by atoms with van der Waals surface area (Å²) in [6.07, 6.45) is 3.35. The molecule has 1 aromatic carbocycles. The Morgan fingerprint density at radius 3 is 3.11 bits per heavy atom. The zero-order valence-electron chi connectivity index (χ0n) is 10.7. The quantitative estimate of drug-likeness (QED) is 0.660. The van der Waals surface area contributed by atoms with Gasteiger partial charge in [-0.2, -0.15) is 23.5 Å². The lowest BCUT2D eigenvalue weighted by Gasteiger charge is -2.20. The Bertz CT molecular complexity index is 457. The highest BCUT2D eigenvalue weighted by Crippen LogP contribution is 2.23. The van der Waals surface area contributed by atoms with E-state index in [1.54, 1.807) is 12.2 Å². The first-order valence-electron chi connectivity index (χ1n) is 6.25. The average molecular weight is 294 g/mol. The van der Waals surface area contributed by atoms with Crippen LogP contribution in [-0.2, 0) is 4.79 Å². The van der Waals surface area contributed by atoms with Crippen LogP contribution in [0.5, 0.6) is 0 Å². The van der Waals surface area contributed by atoms with Crippen LogP contribution in [0.25, 0.3) is 6.08 Å². The SMILES string of the molecule is Nc1cccc(/C=C/C(=O)NCC2CSCCS2)c1. The number of nitrogens with two attached hydrogens (primary N) is 1. The Morgan fingerprint density at radius 2 is 2.37 bits per heavy atom. The summed E-state index contributed by atoms with van der Waals surface area (Å²) in [4.78, 5) is 11.7. The molecule has 19 heavy (non-hydrogen) atoms. The van der Waals surface area contributed by atoms with Gasteiger partial charge < -0.3 is 11.1 Å². The first kappa shape index (κ1) is 14.3. The van der Waals surface area contributed by atoms with Crippen molar-refractivity contribution in [1.82, 2.24) is 5.32 Å². The van der Waals surface area contributed by atoms with Crippen molar-refractivity contribution >= 4 is 41.2 Å². The molecule has 0 aliphatic carbocycles. The van der Waals surface area contributed by atoms with Crippen molar-refractivity contribution in [2.45, 2.75) is 5.25 Å². The van der Waals surface area contributed by atoms with Gasteiger partial charge in [0.2, 0.25) is 5.91 Å².